The number of methoxy groups -OCH3 is 1. The van der Waals surface area contributed by atoms with Crippen molar-refractivity contribution in [2.24, 2.45) is 7.05 Å². The molecule has 7 heteroatoms. The lowest BCUT2D eigenvalue weighted by Gasteiger charge is -2.38. The normalized spacial score (nSPS) is 18.0. The van der Waals surface area contributed by atoms with Crippen LogP contribution in [-0.4, -0.2) is 51.1 Å². The molecule has 1 saturated heterocycles. The standard InChI is InChI=1S/C18H22N4O3/c1-13-18(24)21(10-14-4-6-16(25-3)7-5-14)12-17(23)22(13)11-15-8-9-19-20(15)2/h4-9,13H,10-12H2,1-3H3/t13-/m0/s1. The molecule has 25 heavy (non-hydrogen) atoms. The zero-order valence-corrected chi connectivity index (χ0v) is 14.7. The summed E-state index contributed by atoms with van der Waals surface area (Å²) in [6.45, 7) is 2.67. The fourth-order valence-corrected chi connectivity index (χ4v) is 2.99. The minimum atomic E-state index is -0.491. The summed E-state index contributed by atoms with van der Waals surface area (Å²) < 4.78 is 6.86. The predicted molar refractivity (Wildman–Crippen MR) is 91.6 cm³/mol. The van der Waals surface area contributed by atoms with E-state index < -0.39 is 6.04 Å². The maximum atomic E-state index is 12.7. The second kappa shape index (κ2) is 6.96. The van der Waals surface area contributed by atoms with Gasteiger partial charge in [0, 0.05) is 19.8 Å². The zero-order valence-electron chi connectivity index (χ0n) is 14.7. The summed E-state index contributed by atoms with van der Waals surface area (Å²) in [6.07, 6.45) is 1.69. The fourth-order valence-electron chi connectivity index (χ4n) is 2.99. The first-order valence-electron chi connectivity index (χ1n) is 8.17. The van der Waals surface area contributed by atoms with Gasteiger partial charge in [0.2, 0.25) is 11.8 Å². The second-order valence-corrected chi connectivity index (χ2v) is 6.19. The van der Waals surface area contributed by atoms with Gasteiger partial charge >= 0.3 is 0 Å². The molecule has 1 aliphatic heterocycles. The summed E-state index contributed by atoms with van der Waals surface area (Å²) in [5, 5.41) is 4.11. The molecule has 0 spiro atoms. The van der Waals surface area contributed by atoms with Gasteiger partial charge in [0.15, 0.2) is 0 Å². The monoisotopic (exact) mass is 342 g/mol. The molecule has 2 heterocycles. The second-order valence-electron chi connectivity index (χ2n) is 6.19. The number of carbonyl (C=O) groups is 2. The molecular weight excluding hydrogens is 320 g/mol. The summed E-state index contributed by atoms with van der Waals surface area (Å²) >= 11 is 0. The van der Waals surface area contributed by atoms with Crippen molar-refractivity contribution in [3.63, 3.8) is 0 Å². The summed E-state index contributed by atoms with van der Waals surface area (Å²) in [5.41, 5.74) is 1.87. The molecule has 2 amide bonds. The fraction of sp³-hybridized carbons (Fsp3) is 0.389. The molecule has 1 aliphatic rings. The molecular formula is C18H22N4O3. The summed E-state index contributed by atoms with van der Waals surface area (Å²) in [7, 11) is 3.44. The number of hydrogen-bond donors (Lipinski definition) is 0. The Bertz CT molecular complexity index is 769. The third-order valence-corrected chi connectivity index (χ3v) is 4.57. The van der Waals surface area contributed by atoms with Crippen LogP contribution in [0.15, 0.2) is 36.5 Å². The third-order valence-electron chi connectivity index (χ3n) is 4.57. The van der Waals surface area contributed by atoms with E-state index in [2.05, 4.69) is 5.10 Å². The first-order chi connectivity index (χ1) is 12.0. The molecule has 0 radical (unpaired) electrons. The molecule has 1 atom stereocenters. The number of ether oxygens (including phenoxy) is 1. The number of aromatic nitrogens is 2. The van der Waals surface area contributed by atoms with E-state index in [9.17, 15) is 9.59 Å². The van der Waals surface area contributed by atoms with Gasteiger partial charge in [-0.2, -0.15) is 5.10 Å². The Hall–Kier alpha value is -2.83. The van der Waals surface area contributed by atoms with E-state index in [-0.39, 0.29) is 18.4 Å². The number of piperazine rings is 1. The van der Waals surface area contributed by atoms with E-state index in [1.807, 2.05) is 37.4 Å². The van der Waals surface area contributed by atoms with Crippen molar-refractivity contribution in [2.75, 3.05) is 13.7 Å². The van der Waals surface area contributed by atoms with Crippen molar-refractivity contribution >= 4 is 11.8 Å². The summed E-state index contributed by atoms with van der Waals surface area (Å²) in [5.74, 6) is 0.667. The van der Waals surface area contributed by atoms with Gasteiger partial charge < -0.3 is 14.5 Å². The predicted octanol–water partition coefficient (Wildman–Crippen LogP) is 1.19. The topological polar surface area (TPSA) is 67.7 Å². The number of hydrogen-bond acceptors (Lipinski definition) is 4. The molecule has 0 aliphatic carbocycles. The van der Waals surface area contributed by atoms with Crippen LogP contribution in [0.2, 0.25) is 0 Å². The number of nitrogens with zero attached hydrogens (tertiary/aromatic N) is 4. The Labute approximate surface area is 146 Å². The van der Waals surface area contributed by atoms with Crippen molar-refractivity contribution in [2.45, 2.75) is 26.1 Å². The van der Waals surface area contributed by atoms with E-state index in [4.69, 9.17) is 4.74 Å². The molecule has 0 saturated carbocycles. The molecule has 0 bridgehead atoms. The Morgan fingerprint density at radius 1 is 1.16 bits per heavy atom. The Kier molecular flexibility index (Phi) is 4.74. The first-order valence-corrected chi connectivity index (χ1v) is 8.17. The van der Waals surface area contributed by atoms with Crippen LogP contribution in [0.25, 0.3) is 0 Å². The summed E-state index contributed by atoms with van der Waals surface area (Å²) in [6, 6.07) is 8.88. The van der Waals surface area contributed by atoms with E-state index in [0.29, 0.717) is 13.1 Å². The summed E-state index contributed by atoms with van der Waals surface area (Å²) in [4.78, 5) is 28.5. The van der Waals surface area contributed by atoms with Crippen LogP contribution in [0, 0.1) is 0 Å². The SMILES string of the molecule is COc1ccc(CN2CC(=O)N(Cc3ccnn3C)[C@@H](C)C2=O)cc1. The molecule has 1 aromatic heterocycles. The molecule has 0 unspecified atom stereocenters. The van der Waals surface area contributed by atoms with Gasteiger partial charge in [0.25, 0.3) is 0 Å². The third kappa shape index (κ3) is 3.50. The van der Waals surface area contributed by atoms with Gasteiger partial charge in [-0.15, -0.1) is 0 Å². The smallest absolute Gasteiger partial charge is 0.245 e. The molecule has 3 rings (SSSR count). The number of carbonyl (C=O) groups excluding carboxylic acids is 2. The van der Waals surface area contributed by atoms with Gasteiger partial charge in [0.1, 0.15) is 18.3 Å². The molecule has 2 aromatic rings. The number of benzene rings is 1. The first kappa shape index (κ1) is 17.0. The zero-order chi connectivity index (χ0) is 18.0. The average Bonchev–Trinajstić information content (AvgIpc) is 3.02. The highest BCUT2D eigenvalue weighted by Crippen LogP contribution is 2.19. The van der Waals surface area contributed by atoms with Crippen LogP contribution in [0.5, 0.6) is 5.75 Å². The van der Waals surface area contributed by atoms with Crippen LogP contribution in [0.3, 0.4) is 0 Å². The van der Waals surface area contributed by atoms with Crippen molar-refractivity contribution in [1.29, 1.82) is 0 Å². The highest BCUT2D eigenvalue weighted by atomic mass is 16.5. The van der Waals surface area contributed by atoms with Gasteiger partial charge in [-0.25, -0.2) is 0 Å². The average molecular weight is 342 g/mol. The van der Waals surface area contributed by atoms with Crippen LogP contribution < -0.4 is 4.74 Å². The lowest BCUT2D eigenvalue weighted by molar-refractivity contribution is -0.156. The van der Waals surface area contributed by atoms with Crippen molar-refractivity contribution < 1.29 is 14.3 Å². The minimum absolute atomic E-state index is 0.0439. The maximum Gasteiger partial charge on any atom is 0.245 e. The van der Waals surface area contributed by atoms with Crippen molar-refractivity contribution in [3.8, 4) is 5.75 Å². The van der Waals surface area contributed by atoms with Crippen LogP contribution >= 0.6 is 0 Å². The van der Waals surface area contributed by atoms with E-state index >= 15 is 0 Å². The molecule has 132 valence electrons. The Morgan fingerprint density at radius 2 is 1.88 bits per heavy atom. The van der Waals surface area contributed by atoms with E-state index in [1.165, 1.54) is 0 Å². The number of amides is 2. The largest absolute Gasteiger partial charge is 0.497 e. The quantitative estimate of drug-likeness (QED) is 0.818. The minimum Gasteiger partial charge on any atom is -0.497 e. The lowest BCUT2D eigenvalue weighted by Crippen LogP contribution is -2.58. The van der Waals surface area contributed by atoms with Gasteiger partial charge in [-0.1, -0.05) is 12.1 Å². The van der Waals surface area contributed by atoms with Gasteiger partial charge in [0.05, 0.1) is 19.3 Å². The van der Waals surface area contributed by atoms with Crippen LogP contribution in [0.1, 0.15) is 18.2 Å². The molecule has 0 N–H and O–H groups in total. The molecule has 1 aromatic carbocycles. The van der Waals surface area contributed by atoms with Crippen molar-refractivity contribution in [1.82, 2.24) is 19.6 Å². The highest BCUT2D eigenvalue weighted by molar-refractivity contribution is 5.94. The van der Waals surface area contributed by atoms with Gasteiger partial charge in [-0.05, 0) is 30.7 Å². The van der Waals surface area contributed by atoms with Crippen LogP contribution in [0.4, 0.5) is 0 Å². The van der Waals surface area contributed by atoms with E-state index in [0.717, 1.165) is 17.0 Å². The number of rotatable bonds is 5. The highest BCUT2D eigenvalue weighted by Gasteiger charge is 2.36. The molecule has 7 nitrogen and oxygen atoms in total. The molecule has 1 fully saturated rings. The maximum absolute atomic E-state index is 12.7. The number of aryl methyl sites for hydroxylation is 1. The Balaban J connectivity index is 1.70. The van der Waals surface area contributed by atoms with E-state index in [1.54, 1.807) is 34.7 Å². The van der Waals surface area contributed by atoms with Crippen LogP contribution in [-0.2, 0) is 29.7 Å². The Morgan fingerprint density at radius 3 is 2.48 bits per heavy atom. The van der Waals surface area contributed by atoms with Crippen molar-refractivity contribution in [3.05, 3.63) is 47.8 Å². The lowest BCUT2D eigenvalue weighted by atomic mass is 10.1. The van der Waals surface area contributed by atoms with Gasteiger partial charge in [-0.3, -0.25) is 14.3 Å².